The Hall–Kier alpha value is -4.43. The molecule has 0 aliphatic rings. The molecular formula is C30H33N5O3. The Labute approximate surface area is 222 Å². The van der Waals surface area contributed by atoms with Crippen LogP contribution in [0.4, 0.5) is 11.6 Å². The molecule has 0 spiro atoms. The Balaban J connectivity index is 1.75. The van der Waals surface area contributed by atoms with Crippen LogP contribution in [0, 0.1) is 5.41 Å². The minimum Gasteiger partial charge on any atom is -0.508 e. The SMILES string of the molecule is C=CC(=O)Nc1cccc(-n2c(NC(=O)c3cccc(O)c3)nc3cc(CN[C@@H](C)C(C)(C)C)ccc32)c1. The van der Waals surface area contributed by atoms with Crippen molar-refractivity contribution in [2.45, 2.75) is 40.3 Å². The number of anilines is 2. The van der Waals surface area contributed by atoms with Crippen LogP contribution in [-0.2, 0) is 11.3 Å². The summed E-state index contributed by atoms with van der Waals surface area (Å²) < 4.78 is 1.83. The normalized spacial score (nSPS) is 12.2. The van der Waals surface area contributed by atoms with Gasteiger partial charge in [0.15, 0.2) is 0 Å². The van der Waals surface area contributed by atoms with Crippen molar-refractivity contribution in [3.63, 3.8) is 0 Å². The molecule has 0 saturated carbocycles. The maximum absolute atomic E-state index is 13.1. The highest BCUT2D eigenvalue weighted by Crippen LogP contribution is 2.28. The molecule has 0 aliphatic carbocycles. The van der Waals surface area contributed by atoms with E-state index in [4.69, 9.17) is 4.98 Å². The van der Waals surface area contributed by atoms with E-state index in [1.807, 2.05) is 34.9 Å². The Bertz CT molecular complexity index is 1500. The molecular weight excluding hydrogens is 478 g/mol. The van der Waals surface area contributed by atoms with Crippen LogP contribution in [0.15, 0.2) is 79.4 Å². The largest absolute Gasteiger partial charge is 0.508 e. The number of hydrogen-bond acceptors (Lipinski definition) is 5. The molecule has 8 nitrogen and oxygen atoms in total. The molecule has 4 aromatic rings. The number of benzene rings is 3. The lowest BCUT2D eigenvalue weighted by Gasteiger charge is -2.28. The van der Waals surface area contributed by atoms with Crippen LogP contribution in [0.25, 0.3) is 16.7 Å². The highest BCUT2D eigenvalue weighted by Gasteiger charge is 2.20. The van der Waals surface area contributed by atoms with Gasteiger partial charge in [0.25, 0.3) is 5.91 Å². The van der Waals surface area contributed by atoms with Crippen molar-refractivity contribution in [3.8, 4) is 11.4 Å². The number of aromatic hydroxyl groups is 1. The number of phenolic OH excluding ortho intramolecular Hbond substituents is 1. The van der Waals surface area contributed by atoms with Crippen LogP contribution < -0.4 is 16.0 Å². The monoisotopic (exact) mass is 511 g/mol. The van der Waals surface area contributed by atoms with Gasteiger partial charge in [0.1, 0.15) is 5.75 Å². The molecule has 38 heavy (non-hydrogen) atoms. The van der Waals surface area contributed by atoms with Crippen LogP contribution in [0.5, 0.6) is 5.75 Å². The third-order valence-electron chi connectivity index (χ3n) is 6.52. The molecule has 2 amide bonds. The summed E-state index contributed by atoms with van der Waals surface area (Å²) in [6, 6.07) is 19.7. The van der Waals surface area contributed by atoms with Gasteiger partial charge in [0, 0.05) is 23.8 Å². The Morgan fingerprint density at radius 2 is 1.82 bits per heavy atom. The molecule has 0 aliphatic heterocycles. The summed E-state index contributed by atoms with van der Waals surface area (Å²) in [4.78, 5) is 29.7. The predicted molar refractivity (Wildman–Crippen MR) is 152 cm³/mol. The molecule has 0 saturated heterocycles. The van der Waals surface area contributed by atoms with E-state index in [1.165, 1.54) is 18.2 Å². The maximum atomic E-state index is 13.1. The number of nitrogens with zero attached hydrogens (tertiary/aromatic N) is 2. The highest BCUT2D eigenvalue weighted by molar-refractivity contribution is 6.04. The van der Waals surface area contributed by atoms with E-state index in [0.717, 1.165) is 11.1 Å². The van der Waals surface area contributed by atoms with Gasteiger partial charge >= 0.3 is 0 Å². The number of phenols is 1. The minimum absolute atomic E-state index is 0.00144. The summed E-state index contributed by atoms with van der Waals surface area (Å²) in [5.74, 6) is -0.418. The third-order valence-corrected chi connectivity index (χ3v) is 6.52. The van der Waals surface area contributed by atoms with Gasteiger partial charge in [-0.05, 0) is 72.5 Å². The van der Waals surface area contributed by atoms with E-state index < -0.39 is 5.91 Å². The minimum atomic E-state index is -0.408. The predicted octanol–water partition coefficient (Wildman–Crippen LogP) is 5.63. The van der Waals surface area contributed by atoms with E-state index in [0.29, 0.717) is 41.0 Å². The van der Waals surface area contributed by atoms with Gasteiger partial charge in [0.2, 0.25) is 11.9 Å². The summed E-state index contributed by atoms with van der Waals surface area (Å²) in [5, 5.41) is 19.0. The number of imidazole rings is 1. The van der Waals surface area contributed by atoms with Gasteiger partial charge < -0.3 is 15.7 Å². The quantitative estimate of drug-likeness (QED) is 0.229. The molecule has 8 heteroatoms. The van der Waals surface area contributed by atoms with Crippen LogP contribution in [0.1, 0.15) is 43.6 Å². The van der Waals surface area contributed by atoms with Crippen molar-refractivity contribution in [2.24, 2.45) is 5.41 Å². The zero-order valence-electron chi connectivity index (χ0n) is 22.1. The van der Waals surface area contributed by atoms with Crippen molar-refractivity contribution >= 4 is 34.5 Å². The molecule has 4 N–H and O–H groups in total. The van der Waals surface area contributed by atoms with E-state index in [1.54, 1.807) is 24.3 Å². The lowest BCUT2D eigenvalue weighted by Crippen LogP contribution is -2.37. The number of aromatic nitrogens is 2. The van der Waals surface area contributed by atoms with Gasteiger partial charge in [-0.25, -0.2) is 4.98 Å². The standard InChI is InChI=1S/C30H33N5O3/c1-6-27(37)32-22-10-8-11-23(17-22)35-26-14-13-20(18-31-19(2)30(3,4)5)15-25(26)33-29(35)34-28(38)21-9-7-12-24(36)16-21/h6-17,19,31,36H,1,18H2,2-5H3,(H,32,37)(H,33,34,38)/t19-/m0/s1. The Morgan fingerprint density at radius 1 is 1.05 bits per heavy atom. The van der Waals surface area contributed by atoms with Crippen molar-refractivity contribution in [1.82, 2.24) is 14.9 Å². The van der Waals surface area contributed by atoms with Crippen LogP contribution >= 0.6 is 0 Å². The fraction of sp³-hybridized carbons (Fsp3) is 0.233. The number of rotatable bonds is 8. The Kier molecular flexibility index (Phi) is 7.64. The molecule has 3 aromatic carbocycles. The average molecular weight is 512 g/mol. The first-order chi connectivity index (χ1) is 18.0. The van der Waals surface area contributed by atoms with Crippen molar-refractivity contribution < 1.29 is 14.7 Å². The lowest BCUT2D eigenvalue weighted by atomic mass is 9.88. The summed E-state index contributed by atoms with van der Waals surface area (Å²) in [6.07, 6.45) is 1.20. The number of nitrogens with one attached hydrogen (secondary N) is 3. The second-order valence-corrected chi connectivity index (χ2v) is 10.3. The zero-order valence-corrected chi connectivity index (χ0v) is 22.1. The first kappa shape index (κ1) is 26.6. The Morgan fingerprint density at radius 3 is 2.53 bits per heavy atom. The van der Waals surface area contributed by atoms with Crippen LogP contribution in [0.2, 0.25) is 0 Å². The van der Waals surface area contributed by atoms with Crippen molar-refractivity contribution in [3.05, 3.63) is 90.5 Å². The summed E-state index contributed by atoms with van der Waals surface area (Å²) in [7, 11) is 0. The van der Waals surface area contributed by atoms with E-state index >= 15 is 0 Å². The van der Waals surface area contributed by atoms with E-state index in [9.17, 15) is 14.7 Å². The smallest absolute Gasteiger partial charge is 0.258 e. The third kappa shape index (κ3) is 6.10. The molecule has 1 heterocycles. The second kappa shape index (κ2) is 10.9. The molecule has 0 radical (unpaired) electrons. The van der Waals surface area contributed by atoms with Gasteiger partial charge in [-0.15, -0.1) is 0 Å². The van der Waals surface area contributed by atoms with Gasteiger partial charge in [-0.2, -0.15) is 0 Å². The molecule has 1 atom stereocenters. The maximum Gasteiger partial charge on any atom is 0.258 e. The summed E-state index contributed by atoms with van der Waals surface area (Å²) >= 11 is 0. The second-order valence-electron chi connectivity index (χ2n) is 10.3. The van der Waals surface area contributed by atoms with E-state index in [2.05, 4.69) is 50.2 Å². The van der Waals surface area contributed by atoms with Gasteiger partial charge in [-0.1, -0.05) is 45.5 Å². The fourth-order valence-corrected chi connectivity index (χ4v) is 3.90. The molecule has 0 fully saturated rings. The highest BCUT2D eigenvalue weighted by atomic mass is 16.3. The number of carbonyl (C=O) groups is 2. The molecule has 4 rings (SSSR count). The van der Waals surface area contributed by atoms with Gasteiger partial charge in [-0.3, -0.25) is 19.5 Å². The topological polar surface area (TPSA) is 108 Å². The number of amides is 2. The molecule has 0 bridgehead atoms. The number of fused-ring (bicyclic) bond motifs is 1. The van der Waals surface area contributed by atoms with Crippen LogP contribution in [0.3, 0.4) is 0 Å². The summed E-state index contributed by atoms with van der Waals surface area (Å²) in [6.45, 7) is 12.9. The number of carbonyl (C=O) groups excluding carboxylic acids is 2. The van der Waals surface area contributed by atoms with Crippen molar-refractivity contribution in [1.29, 1.82) is 0 Å². The zero-order chi connectivity index (χ0) is 27.4. The lowest BCUT2D eigenvalue weighted by molar-refractivity contribution is -0.111. The average Bonchev–Trinajstić information content (AvgIpc) is 3.23. The number of hydrogen-bond donors (Lipinski definition) is 4. The van der Waals surface area contributed by atoms with Gasteiger partial charge in [0.05, 0.1) is 16.7 Å². The molecule has 196 valence electrons. The van der Waals surface area contributed by atoms with E-state index in [-0.39, 0.29) is 17.1 Å². The molecule has 0 unspecified atom stereocenters. The first-order valence-electron chi connectivity index (χ1n) is 12.4. The summed E-state index contributed by atoms with van der Waals surface area (Å²) in [5.41, 5.74) is 4.27. The first-order valence-corrected chi connectivity index (χ1v) is 12.4. The van der Waals surface area contributed by atoms with Crippen molar-refractivity contribution in [2.75, 3.05) is 10.6 Å². The molecule has 1 aromatic heterocycles. The fourth-order valence-electron chi connectivity index (χ4n) is 3.90. The van der Waals surface area contributed by atoms with Crippen LogP contribution in [-0.4, -0.2) is 32.5 Å².